The SMILES string of the molecule is CC(=O)N(CCS)C(=O)C[C@@H](N)c1ccccc1. The summed E-state index contributed by atoms with van der Waals surface area (Å²) in [6, 6.07) is 8.98. The predicted octanol–water partition coefficient (Wildman–Crippen LogP) is 1.38. The molecule has 0 aliphatic heterocycles. The van der Waals surface area contributed by atoms with Gasteiger partial charge in [0.1, 0.15) is 0 Å². The monoisotopic (exact) mass is 266 g/mol. The minimum absolute atomic E-state index is 0.122. The van der Waals surface area contributed by atoms with E-state index in [4.69, 9.17) is 5.73 Å². The van der Waals surface area contributed by atoms with Crippen LogP contribution in [-0.4, -0.2) is 29.0 Å². The summed E-state index contributed by atoms with van der Waals surface area (Å²) in [4.78, 5) is 24.5. The van der Waals surface area contributed by atoms with Crippen LogP contribution in [0.25, 0.3) is 0 Å². The van der Waals surface area contributed by atoms with E-state index in [2.05, 4.69) is 12.6 Å². The van der Waals surface area contributed by atoms with Crippen LogP contribution in [0.1, 0.15) is 24.9 Å². The van der Waals surface area contributed by atoms with Gasteiger partial charge in [-0.25, -0.2) is 0 Å². The molecular formula is C13H18N2O2S. The van der Waals surface area contributed by atoms with Crippen LogP contribution in [0.3, 0.4) is 0 Å². The maximum atomic E-state index is 11.9. The minimum Gasteiger partial charge on any atom is -0.324 e. The highest BCUT2D eigenvalue weighted by Crippen LogP contribution is 2.14. The van der Waals surface area contributed by atoms with Crippen molar-refractivity contribution in [2.75, 3.05) is 12.3 Å². The molecule has 0 saturated carbocycles. The lowest BCUT2D eigenvalue weighted by molar-refractivity contribution is -0.143. The average Bonchev–Trinajstić information content (AvgIpc) is 2.36. The lowest BCUT2D eigenvalue weighted by Gasteiger charge is -2.20. The fraction of sp³-hybridized carbons (Fsp3) is 0.385. The second-order valence-corrected chi connectivity index (χ2v) is 4.46. The molecule has 0 aliphatic rings. The predicted molar refractivity (Wildman–Crippen MR) is 74.2 cm³/mol. The number of nitrogens with zero attached hydrogens (tertiary/aromatic N) is 1. The van der Waals surface area contributed by atoms with Gasteiger partial charge in [-0.15, -0.1) is 0 Å². The van der Waals surface area contributed by atoms with Crippen LogP contribution in [0.15, 0.2) is 30.3 Å². The van der Waals surface area contributed by atoms with Crippen LogP contribution in [0.2, 0.25) is 0 Å². The van der Waals surface area contributed by atoms with Crippen molar-refractivity contribution in [3.05, 3.63) is 35.9 Å². The summed E-state index contributed by atoms with van der Waals surface area (Å²) in [6.45, 7) is 1.69. The van der Waals surface area contributed by atoms with Crippen LogP contribution < -0.4 is 5.73 Å². The van der Waals surface area contributed by atoms with Gasteiger partial charge in [0.05, 0.1) is 0 Å². The van der Waals surface area contributed by atoms with Crippen LogP contribution in [-0.2, 0) is 9.59 Å². The number of nitrogens with two attached hydrogens (primary N) is 1. The van der Waals surface area contributed by atoms with E-state index in [9.17, 15) is 9.59 Å². The second-order valence-electron chi connectivity index (χ2n) is 4.01. The van der Waals surface area contributed by atoms with E-state index >= 15 is 0 Å². The molecule has 0 heterocycles. The van der Waals surface area contributed by atoms with Gasteiger partial charge >= 0.3 is 0 Å². The number of rotatable bonds is 5. The average molecular weight is 266 g/mol. The molecule has 0 radical (unpaired) electrons. The number of carbonyl (C=O) groups excluding carboxylic acids is 2. The van der Waals surface area contributed by atoms with Crippen LogP contribution >= 0.6 is 12.6 Å². The zero-order valence-corrected chi connectivity index (χ0v) is 11.3. The summed E-state index contributed by atoms with van der Waals surface area (Å²) in [5.74, 6) is -0.0754. The van der Waals surface area contributed by atoms with E-state index in [1.807, 2.05) is 30.3 Å². The van der Waals surface area contributed by atoms with Gasteiger partial charge < -0.3 is 5.73 Å². The van der Waals surface area contributed by atoms with Crippen LogP contribution in [0, 0.1) is 0 Å². The van der Waals surface area contributed by atoms with Crippen molar-refractivity contribution < 1.29 is 9.59 Å². The first-order chi connectivity index (χ1) is 8.56. The van der Waals surface area contributed by atoms with Gasteiger partial charge in [0.25, 0.3) is 0 Å². The number of benzene rings is 1. The first-order valence-electron chi connectivity index (χ1n) is 5.78. The molecule has 0 unspecified atom stereocenters. The maximum Gasteiger partial charge on any atom is 0.231 e. The van der Waals surface area contributed by atoms with E-state index in [0.29, 0.717) is 12.3 Å². The quantitative estimate of drug-likeness (QED) is 0.791. The molecule has 0 aliphatic carbocycles. The molecule has 1 rings (SSSR count). The molecule has 1 aromatic rings. The van der Waals surface area contributed by atoms with Gasteiger partial charge in [0, 0.05) is 31.7 Å². The maximum absolute atomic E-state index is 11.9. The van der Waals surface area contributed by atoms with Crippen LogP contribution in [0.4, 0.5) is 0 Å². The number of imide groups is 1. The highest BCUT2D eigenvalue weighted by Gasteiger charge is 2.20. The highest BCUT2D eigenvalue weighted by molar-refractivity contribution is 7.80. The summed E-state index contributed by atoms with van der Waals surface area (Å²) in [5.41, 5.74) is 6.84. The molecule has 98 valence electrons. The molecule has 1 aromatic carbocycles. The third-order valence-corrected chi connectivity index (χ3v) is 2.83. The van der Waals surface area contributed by atoms with Gasteiger partial charge in [-0.3, -0.25) is 14.5 Å². The third-order valence-electron chi connectivity index (χ3n) is 2.63. The van der Waals surface area contributed by atoms with Gasteiger partial charge in [0.2, 0.25) is 11.8 Å². The summed E-state index contributed by atoms with van der Waals surface area (Å²) in [6.07, 6.45) is 0.122. The molecule has 4 nitrogen and oxygen atoms in total. The molecule has 0 spiro atoms. The Bertz CT molecular complexity index is 409. The van der Waals surface area contributed by atoms with Crippen molar-refractivity contribution in [2.45, 2.75) is 19.4 Å². The minimum atomic E-state index is -0.388. The fourth-order valence-corrected chi connectivity index (χ4v) is 1.87. The fourth-order valence-electron chi connectivity index (χ4n) is 1.67. The summed E-state index contributed by atoms with van der Waals surface area (Å²) in [7, 11) is 0. The van der Waals surface area contributed by atoms with Crippen molar-refractivity contribution in [3.8, 4) is 0 Å². The lowest BCUT2D eigenvalue weighted by atomic mass is 10.0. The van der Waals surface area contributed by atoms with Gasteiger partial charge in [-0.2, -0.15) is 12.6 Å². The van der Waals surface area contributed by atoms with Crippen LogP contribution in [0.5, 0.6) is 0 Å². The van der Waals surface area contributed by atoms with E-state index < -0.39 is 0 Å². The standard InChI is InChI=1S/C13H18N2O2S/c1-10(16)15(7-8-18)13(17)9-12(14)11-5-3-2-4-6-11/h2-6,12,18H,7-9,14H2,1H3/t12-/m1/s1. The number of hydrogen-bond donors (Lipinski definition) is 2. The van der Waals surface area contributed by atoms with Crippen molar-refractivity contribution >= 4 is 24.4 Å². The normalized spacial score (nSPS) is 11.9. The zero-order valence-electron chi connectivity index (χ0n) is 10.4. The number of thiol groups is 1. The van der Waals surface area contributed by atoms with E-state index in [-0.39, 0.29) is 24.3 Å². The largest absolute Gasteiger partial charge is 0.324 e. The number of carbonyl (C=O) groups is 2. The topological polar surface area (TPSA) is 63.4 Å². The summed E-state index contributed by atoms with van der Waals surface area (Å²) < 4.78 is 0. The van der Waals surface area contributed by atoms with Gasteiger partial charge in [-0.1, -0.05) is 30.3 Å². The summed E-state index contributed by atoms with van der Waals surface area (Å²) in [5, 5.41) is 0. The smallest absolute Gasteiger partial charge is 0.231 e. The van der Waals surface area contributed by atoms with Crippen molar-refractivity contribution in [3.63, 3.8) is 0 Å². The number of amides is 2. The zero-order chi connectivity index (χ0) is 13.5. The Hall–Kier alpha value is -1.33. The molecule has 1 atom stereocenters. The Labute approximate surface area is 113 Å². The Morgan fingerprint density at radius 1 is 1.33 bits per heavy atom. The molecule has 0 bridgehead atoms. The molecule has 2 amide bonds. The lowest BCUT2D eigenvalue weighted by Crippen LogP contribution is -2.38. The van der Waals surface area contributed by atoms with Crippen molar-refractivity contribution in [1.29, 1.82) is 0 Å². The first kappa shape index (κ1) is 14.7. The molecule has 2 N–H and O–H groups in total. The molecule has 0 aromatic heterocycles. The van der Waals surface area contributed by atoms with E-state index in [0.717, 1.165) is 5.56 Å². The van der Waals surface area contributed by atoms with E-state index in [1.165, 1.54) is 11.8 Å². The van der Waals surface area contributed by atoms with Crippen molar-refractivity contribution in [1.82, 2.24) is 4.90 Å². The Balaban J connectivity index is 2.66. The van der Waals surface area contributed by atoms with E-state index in [1.54, 1.807) is 0 Å². The Kier molecular flexibility index (Phi) is 5.88. The third kappa shape index (κ3) is 4.16. The molecule has 0 saturated heterocycles. The van der Waals surface area contributed by atoms with Gasteiger partial charge in [0.15, 0.2) is 0 Å². The first-order valence-corrected chi connectivity index (χ1v) is 6.41. The molecule has 0 fully saturated rings. The molecule has 18 heavy (non-hydrogen) atoms. The Morgan fingerprint density at radius 3 is 2.44 bits per heavy atom. The van der Waals surface area contributed by atoms with Gasteiger partial charge in [-0.05, 0) is 5.56 Å². The summed E-state index contributed by atoms with van der Waals surface area (Å²) >= 11 is 4.03. The molecule has 5 heteroatoms. The Morgan fingerprint density at radius 2 is 1.94 bits per heavy atom. The highest BCUT2D eigenvalue weighted by atomic mass is 32.1. The number of hydrogen-bond acceptors (Lipinski definition) is 4. The van der Waals surface area contributed by atoms with Crippen molar-refractivity contribution in [2.24, 2.45) is 5.73 Å². The molecular weight excluding hydrogens is 248 g/mol. The second kappa shape index (κ2) is 7.18.